The zero-order valence-electron chi connectivity index (χ0n) is 7.88. The number of hydrogen-bond acceptors (Lipinski definition) is 4. The quantitative estimate of drug-likeness (QED) is 0.741. The van der Waals surface area contributed by atoms with E-state index in [-0.39, 0.29) is 0 Å². The van der Waals surface area contributed by atoms with Gasteiger partial charge in [0.1, 0.15) is 0 Å². The molecular weight excluding hydrogens is 178 g/mol. The smallest absolute Gasteiger partial charge is 0.0872 e. The molecule has 0 fully saturated rings. The first-order valence-corrected chi connectivity index (χ1v) is 4.29. The number of rotatable bonds is 2. The summed E-state index contributed by atoms with van der Waals surface area (Å²) in [5.74, 6) is 0. The van der Waals surface area contributed by atoms with Gasteiger partial charge in [0.15, 0.2) is 0 Å². The highest BCUT2D eigenvalue weighted by molar-refractivity contribution is 5.45. The van der Waals surface area contributed by atoms with Crippen LogP contribution < -0.4 is 5.73 Å². The number of aromatic nitrogens is 4. The molecule has 0 saturated heterocycles. The highest BCUT2D eigenvalue weighted by Crippen LogP contribution is 2.12. The van der Waals surface area contributed by atoms with E-state index in [1.54, 1.807) is 23.1 Å². The molecule has 5 nitrogen and oxygen atoms in total. The molecule has 0 aliphatic rings. The van der Waals surface area contributed by atoms with E-state index in [1.165, 1.54) is 0 Å². The Morgan fingerprint density at radius 3 is 3.00 bits per heavy atom. The van der Waals surface area contributed by atoms with E-state index in [9.17, 15) is 0 Å². The molecule has 14 heavy (non-hydrogen) atoms. The van der Waals surface area contributed by atoms with Gasteiger partial charge >= 0.3 is 0 Å². The van der Waals surface area contributed by atoms with Gasteiger partial charge in [-0.05, 0) is 11.6 Å². The van der Waals surface area contributed by atoms with E-state index < -0.39 is 0 Å². The maximum absolute atomic E-state index is 5.78. The average molecular weight is 189 g/mol. The van der Waals surface area contributed by atoms with Crippen molar-refractivity contribution in [3.05, 3.63) is 35.9 Å². The monoisotopic (exact) mass is 189 g/mol. The lowest BCUT2D eigenvalue weighted by Crippen LogP contribution is -1.96. The summed E-state index contributed by atoms with van der Waals surface area (Å²) in [5.41, 5.74) is 8.40. The topological polar surface area (TPSA) is 69.6 Å². The molecule has 0 aromatic carbocycles. The molecule has 2 N–H and O–H groups in total. The first-order valence-electron chi connectivity index (χ1n) is 4.29. The normalized spacial score (nSPS) is 10.4. The number of nitrogen functional groups attached to an aromatic ring is 1. The lowest BCUT2D eigenvalue weighted by Gasteiger charge is -2.00. The van der Waals surface area contributed by atoms with Crippen LogP contribution in [0.5, 0.6) is 0 Å². The fraction of sp³-hybridized carbons (Fsp3) is 0.222. The van der Waals surface area contributed by atoms with Crippen LogP contribution in [0.2, 0.25) is 0 Å². The molecule has 0 saturated carbocycles. The zero-order chi connectivity index (χ0) is 9.97. The van der Waals surface area contributed by atoms with Gasteiger partial charge in [-0.3, -0.25) is 9.67 Å². The maximum Gasteiger partial charge on any atom is 0.0872 e. The molecule has 72 valence electrons. The summed E-state index contributed by atoms with van der Waals surface area (Å²) < 4.78 is 1.67. The third-order valence-electron chi connectivity index (χ3n) is 1.96. The number of aryl methyl sites for hydroxylation is 1. The van der Waals surface area contributed by atoms with E-state index in [2.05, 4.69) is 15.3 Å². The minimum absolute atomic E-state index is 0.674. The second-order valence-corrected chi connectivity index (χ2v) is 3.13. The summed E-state index contributed by atoms with van der Waals surface area (Å²) in [7, 11) is 1.84. The molecule has 2 aromatic heterocycles. The van der Waals surface area contributed by atoms with Crippen molar-refractivity contribution in [2.75, 3.05) is 5.73 Å². The van der Waals surface area contributed by atoms with Crippen molar-refractivity contribution in [3.8, 4) is 0 Å². The number of anilines is 1. The van der Waals surface area contributed by atoms with Gasteiger partial charge in [-0.15, -0.1) is 5.10 Å². The van der Waals surface area contributed by atoms with Crippen molar-refractivity contribution in [3.63, 3.8) is 0 Å². The average Bonchev–Trinajstić information content (AvgIpc) is 2.56. The molecule has 0 amide bonds. The summed E-state index contributed by atoms with van der Waals surface area (Å²) in [5, 5.41) is 7.83. The van der Waals surface area contributed by atoms with Crippen molar-refractivity contribution >= 4 is 5.69 Å². The van der Waals surface area contributed by atoms with Gasteiger partial charge in [-0.1, -0.05) is 5.21 Å². The molecule has 0 aliphatic carbocycles. The summed E-state index contributed by atoms with van der Waals surface area (Å²) in [6.45, 7) is 0. The van der Waals surface area contributed by atoms with Crippen LogP contribution in [0.3, 0.4) is 0 Å². The highest BCUT2D eigenvalue weighted by Gasteiger charge is 2.03. The summed E-state index contributed by atoms with van der Waals surface area (Å²) in [4.78, 5) is 4.01. The predicted molar refractivity (Wildman–Crippen MR) is 52.5 cm³/mol. The molecule has 2 heterocycles. The minimum Gasteiger partial charge on any atom is -0.398 e. The van der Waals surface area contributed by atoms with Gasteiger partial charge < -0.3 is 5.73 Å². The Morgan fingerprint density at radius 1 is 1.50 bits per heavy atom. The van der Waals surface area contributed by atoms with Gasteiger partial charge in [0.25, 0.3) is 0 Å². The number of nitrogens with two attached hydrogens (primary N) is 1. The first-order chi connectivity index (χ1) is 6.75. The Bertz CT molecular complexity index is 434. The van der Waals surface area contributed by atoms with Crippen molar-refractivity contribution < 1.29 is 0 Å². The third-order valence-corrected chi connectivity index (χ3v) is 1.96. The van der Waals surface area contributed by atoms with Gasteiger partial charge in [0, 0.05) is 37.7 Å². The lowest BCUT2D eigenvalue weighted by atomic mass is 10.1. The SMILES string of the molecule is Cn1cc(Cc2cnccc2N)nn1. The lowest BCUT2D eigenvalue weighted by molar-refractivity contribution is 0.713. The fourth-order valence-corrected chi connectivity index (χ4v) is 1.26. The molecule has 2 rings (SSSR count). The number of nitrogens with zero attached hydrogens (tertiary/aromatic N) is 4. The van der Waals surface area contributed by atoms with E-state index in [1.807, 2.05) is 13.2 Å². The van der Waals surface area contributed by atoms with Crippen LogP contribution in [0.1, 0.15) is 11.3 Å². The standard InChI is InChI=1S/C9H11N5/c1-14-6-8(12-13-14)4-7-5-11-3-2-9(7)10/h2-3,5-6H,4H2,1H3,(H2,10,11). The molecular formula is C9H11N5. The molecule has 0 spiro atoms. The van der Waals surface area contributed by atoms with Crippen molar-refractivity contribution in [2.24, 2.45) is 7.05 Å². The van der Waals surface area contributed by atoms with E-state index >= 15 is 0 Å². The molecule has 5 heteroatoms. The third kappa shape index (κ3) is 1.71. The Balaban J connectivity index is 2.23. The highest BCUT2D eigenvalue weighted by atomic mass is 15.4. The van der Waals surface area contributed by atoms with Crippen LogP contribution in [0.15, 0.2) is 24.7 Å². The van der Waals surface area contributed by atoms with Gasteiger partial charge in [-0.2, -0.15) is 0 Å². The van der Waals surface area contributed by atoms with E-state index in [0.717, 1.165) is 16.9 Å². The molecule has 2 aromatic rings. The first kappa shape index (κ1) is 8.68. The Kier molecular flexibility index (Phi) is 2.14. The fourth-order valence-electron chi connectivity index (χ4n) is 1.26. The predicted octanol–water partition coefficient (Wildman–Crippen LogP) is 0.383. The second-order valence-electron chi connectivity index (χ2n) is 3.13. The Morgan fingerprint density at radius 2 is 2.36 bits per heavy atom. The van der Waals surface area contributed by atoms with Crippen molar-refractivity contribution in [2.45, 2.75) is 6.42 Å². The Labute approximate surface area is 81.6 Å². The van der Waals surface area contributed by atoms with Crippen molar-refractivity contribution in [1.82, 2.24) is 20.0 Å². The number of pyridine rings is 1. The largest absolute Gasteiger partial charge is 0.398 e. The van der Waals surface area contributed by atoms with Gasteiger partial charge in [-0.25, -0.2) is 0 Å². The summed E-state index contributed by atoms with van der Waals surface area (Å²) in [6.07, 6.45) is 5.97. The molecule has 0 bridgehead atoms. The zero-order valence-corrected chi connectivity index (χ0v) is 7.88. The van der Waals surface area contributed by atoms with Crippen LogP contribution in [0.4, 0.5) is 5.69 Å². The van der Waals surface area contributed by atoms with Crippen molar-refractivity contribution in [1.29, 1.82) is 0 Å². The molecule has 0 aliphatic heterocycles. The Hall–Kier alpha value is -1.91. The summed E-state index contributed by atoms with van der Waals surface area (Å²) >= 11 is 0. The van der Waals surface area contributed by atoms with Crippen LogP contribution in [0.25, 0.3) is 0 Å². The van der Waals surface area contributed by atoms with Gasteiger partial charge in [0.05, 0.1) is 5.69 Å². The van der Waals surface area contributed by atoms with E-state index in [4.69, 9.17) is 5.73 Å². The second kappa shape index (κ2) is 3.45. The number of hydrogen-bond donors (Lipinski definition) is 1. The van der Waals surface area contributed by atoms with E-state index in [0.29, 0.717) is 6.42 Å². The summed E-state index contributed by atoms with van der Waals surface area (Å²) in [6, 6.07) is 1.78. The minimum atomic E-state index is 0.674. The van der Waals surface area contributed by atoms with Crippen LogP contribution in [-0.2, 0) is 13.5 Å². The van der Waals surface area contributed by atoms with Crippen LogP contribution in [0, 0.1) is 0 Å². The van der Waals surface area contributed by atoms with Crippen LogP contribution in [-0.4, -0.2) is 20.0 Å². The molecule has 0 radical (unpaired) electrons. The van der Waals surface area contributed by atoms with Crippen LogP contribution >= 0.6 is 0 Å². The maximum atomic E-state index is 5.78. The molecule has 0 unspecified atom stereocenters. The molecule has 0 atom stereocenters. The van der Waals surface area contributed by atoms with Gasteiger partial charge in [0.2, 0.25) is 0 Å².